The normalized spacial score (nSPS) is 17.4. The lowest BCUT2D eigenvalue weighted by atomic mass is 10.1. The highest BCUT2D eigenvalue weighted by Crippen LogP contribution is 2.20. The molecule has 0 spiro atoms. The number of hydrogen-bond acceptors (Lipinski definition) is 3. The van der Waals surface area contributed by atoms with Crippen molar-refractivity contribution in [3.8, 4) is 0 Å². The van der Waals surface area contributed by atoms with Crippen molar-refractivity contribution in [2.24, 2.45) is 0 Å². The number of hydrogen-bond donors (Lipinski definition) is 3. The minimum Gasteiger partial charge on any atom is -0.465 e. The van der Waals surface area contributed by atoms with Crippen LogP contribution in [-0.2, 0) is 4.79 Å². The number of rotatable bonds is 2. The van der Waals surface area contributed by atoms with Crippen LogP contribution in [0.3, 0.4) is 0 Å². The van der Waals surface area contributed by atoms with Gasteiger partial charge in [0, 0.05) is 18.8 Å². The summed E-state index contributed by atoms with van der Waals surface area (Å²) in [6.45, 7) is -0.195. The molecule has 1 aliphatic heterocycles. The predicted molar refractivity (Wildman–Crippen MR) is 90.7 cm³/mol. The molecular formula is C17H17N3O5. The molecule has 3 N–H and O–H groups in total. The van der Waals surface area contributed by atoms with Crippen LogP contribution in [0.1, 0.15) is 0 Å². The molecule has 0 aromatic heterocycles. The van der Waals surface area contributed by atoms with Gasteiger partial charge in [-0.05, 0) is 22.9 Å². The van der Waals surface area contributed by atoms with Crippen molar-refractivity contribution >= 4 is 34.6 Å². The minimum absolute atomic E-state index is 0.0430. The molecule has 0 radical (unpaired) electrons. The molecule has 25 heavy (non-hydrogen) atoms. The maximum absolute atomic E-state index is 12.6. The molecule has 0 aliphatic carbocycles. The number of carboxylic acid groups (broad SMARTS) is 2. The topological polar surface area (TPSA) is 110 Å². The molecule has 3 rings (SSSR count). The van der Waals surface area contributed by atoms with E-state index in [0.29, 0.717) is 5.69 Å². The zero-order valence-electron chi connectivity index (χ0n) is 13.3. The molecule has 1 saturated heterocycles. The fraction of sp³-hybridized carbons (Fsp3) is 0.235. The highest BCUT2D eigenvalue weighted by atomic mass is 16.4. The molecule has 0 saturated carbocycles. The second-order valence-electron chi connectivity index (χ2n) is 5.77. The first-order valence-corrected chi connectivity index (χ1v) is 7.73. The molecule has 130 valence electrons. The van der Waals surface area contributed by atoms with Gasteiger partial charge in [-0.15, -0.1) is 0 Å². The summed E-state index contributed by atoms with van der Waals surface area (Å²) in [6.07, 6.45) is -2.42. The van der Waals surface area contributed by atoms with Crippen LogP contribution in [0.4, 0.5) is 15.3 Å². The number of fused-ring (bicyclic) bond motifs is 1. The van der Waals surface area contributed by atoms with Crippen LogP contribution in [-0.4, -0.2) is 63.8 Å². The van der Waals surface area contributed by atoms with Crippen molar-refractivity contribution in [3.05, 3.63) is 42.5 Å². The van der Waals surface area contributed by atoms with Crippen molar-refractivity contribution in [2.75, 3.05) is 25.0 Å². The van der Waals surface area contributed by atoms with E-state index in [4.69, 9.17) is 5.11 Å². The van der Waals surface area contributed by atoms with Crippen molar-refractivity contribution in [2.45, 2.75) is 6.04 Å². The number of nitrogens with zero attached hydrogens (tertiary/aromatic N) is 2. The third kappa shape index (κ3) is 3.47. The van der Waals surface area contributed by atoms with Gasteiger partial charge in [-0.2, -0.15) is 0 Å². The van der Waals surface area contributed by atoms with E-state index in [0.717, 1.165) is 20.6 Å². The van der Waals surface area contributed by atoms with Crippen molar-refractivity contribution < 1.29 is 24.6 Å². The molecule has 3 amide bonds. The SMILES string of the molecule is O=C(Nc1ccc2ccccc2c1)C1CN(C(=O)O)CCN1C(=O)O. The molecule has 8 nitrogen and oxygen atoms in total. The zero-order chi connectivity index (χ0) is 18.0. The first-order chi connectivity index (χ1) is 12.0. The van der Waals surface area contributed by atoms with Crippen LogP contribution in [0.25, 0.3) is 10.8 Å². The Labute approximate surface area is 143 Å². The van der Waals surface area contributed by atoms with Crippen molar-refractivity contribution in [3.63, 3.8) is 0 Å². The van der Waals surface area contributed by atoms with Gasteiger partial charge in [0.1, 0.15) is 6.04 Å². The largest absolute Gasteiger partial charge is 0.465 e. The van der Waals surface area contributed by atoms with E-state index < -0.39 is 24.1 Å². The minimum atomic E-state index is -1.25. The van der Waals surface area contributed by atoms with E-state index >= 15 is 0 Å². The maximum Gasteiger partial charge on any atom is 0.408 e. The van der Waals surface area contributed by atoms with Gasteiger partial charge in [-0.1, -0.05) is 30.3 Å². The van der Waals surface area contributed by atoms with E-state index in [1.807, 2.05) is 30.3 Å². The fourth-order valence-corrected chi connectivity index (χ4v) is 2.90. The van der Waals surface area contributed by atoms with Crippen LogP contribution >= 0.6 is 0 Å². The van der Waals surface area contributed by atoms with Gasteiger partial charge in [0.05, 0.1) is 6.54 Å². The number of amides is 3. The summed E-state index contributed by atoms with van der Waals surface area (Å²) in [5.41, 5.74) is 0.529. The summed E-state index contributed by atoms with van der Waals surface area (Å²) in [5.74, 6) is -0.552. The second kappa shape index (κ2) is 6.68. The summed E-state index contributed by atoms with van der Waals surface area (Å²) < 4.78 is 0. The first kappa shape index (κ1) is 16.6. The molecule has 1 fully saturated rings. The molecule has 1 aliphatic rings. The predicted octanol–water partition coefficient (Wildman–Crippen LogP) is 2.12. The third-order valence-corrected chi connectivity index (χ3v) is 4.22. The number of carbonyl (C=O) groups excluding carboxylic acids is 1. The van der Waals surface area contributed by atoms with Gasteiger partial charge in [0.15, 0.2) is 0 Å². The second-order valence-corrected chi connectivity index (χ2v) is 5.77. The van der Waals surface area contributed by atoms with Gasteiger partial charge in [0.25, 0.3) is 0 Å². The Balaban J connectivity index is 1.80. The van der Waals surface area contributed by atoms with Crippen LogP contribution in [0, 0.1) is 0 Å². The lowest BCUT2D eigenvalue weighted by Gasteiger charge is -2.37. The van der Waals surface area contributed by atoms with E-state index in [9.17, 15) is 19.5 Å². The summed E-state index contributed by atoms with van der Waals surface area (Å²) in [5, 5.41) is 23.0. The molecular weight excluding hydrogens is 326 g/mol. The summed E-state index contributed by atoms with van der Waals surface area (Å²) in [6, 6.07) is 11.9. The van der Waals surface area contributed by atoms with Crippen molar-refractivity contribution in [1.82, 2.24) is 9.80 Å². The third-order valence-electron chi connectivity index (χ3n) is 4.22. The summed E-state index contributed by atoms with van der Waals surface area (Å²) in [4.78, 5) is 37.0. The Hall–Kier alpha value is -3.29. The van der Waals surface area contributed by atoms with Crippen molar-refractivity contribution in [1.29, 1.82) is 0 Å². The van der Waals surface area contributed by atoms with E-state index in [2.05, 4.69) is 5.32 Å². The Morgan fingerprint density at radius 1 is 0.960 bits per heavy atom. The average molecular weight is 343 g/mol. The van der Waals surface area contributed by atoms with Crippen LogP contribution in [0.2, 0.25) is 0 Å². The van der Waals surface area contributed by atoms with Gasteiger partial charge >= 0.3 is 12.2 Å². The maximum atomic E-state index is 12.6. The number of carbonyl (C=O) groups is 3. The molecule has 1 unspecified atom stereocenters. The molecule has 1 atom stereocenters. The van der Waals surface area contributed by atoms with Gasteiger partial charge < -0.3 is 20.4 Å². The highest BCUT2D eigenvalue weighted by Gasteiger charge is 2.37. The fourth-order valence-electron chi connectivity index (χ4n) is 2.90. The van der Waals surface area contributed by atoms with Gasteiger partial charge in [-0.3, -0.25) is 9.69 Å². The smallest absolute Gasteiger partial charge is 0.408 e. The number of nitrogens with one attached hydrogen (secondary N) is 1. The quantitative estimate of drug-likeness (QED) is 0.773. The lowest BCUT2D eigenvalue weighted by molar-refractivity contribution is -0.122. The van der Waals surface area contributed by atoms with Gasteiger partial charge in [0.2, 0.25) is 5.91 Å². The monoisotopic (exact) mass is 343 g/mol. The Bertz CT molecular complexity index is 838. The number of benzene rings is 2. The van der Waals surface area contributed by atoms with Crippen LogP contribution in [0.15, 0.2) is 42.5 Å². The average Bonchev–Trinajstić information content (AvgIpc) is 2.60. The van der Waals surface area contributed by atoms with E-state index in [1.54, 1.807) is 12.1 Å². The zero-order valence-corrected chi connectivity index (χ0v) is 13.3. The molecule has 1 heterocycles. The van der Waals surface area contributed by atoms with E-state index in [-0.39, 0.29) is 19.6 Å². The Morgan fingerprint density at radius 3 is 2.36 bits per heavy atom. The van der Waals surface area contributed by atoms with Crippen LogP contribution in [0.5, 0.6) is 0 Å². The molecule has 2 aromatic rings. The van der Waals surface area contributed by atoms with E-state index in [1.165, 1.54) is 0 Å². The summed E-state index contributed by atoms with van der Waals surface area (Å²) >= 11 is 0. The molecule has 2 aromatic carbocycles. The van der Waals surface area contributed by atoms with Crippen LogP contribution < -0.4 is 5.32 Å². The Morgan fingerprint density at radius 2 is 1.68 bits per heavy atom. The first-order valence-electron chi connectivity index (χ1n) is 7.73. The summed E-state index contributed by atoms with van der Waals surface area (Å²) in [7, 11) is 0. The molecule has 8 heteroatoms. The number of anilines is 1. The standard InChI is InChI=1S/C17H17N3O5/c21-15(14-10-19(16(22)23)7-8-20(14)17(24)25)18-13-6-5-11-3-1-2-4-12(11)9-13/h1-6,9,14H,7-8,10H2,(H,18,21)(H,22,23)(H,24,25). The lowest BCUT2D eigenvalue weighted by Crippen LogP contribution is -2.60. The Kier molecular flexibility index (Phi) is 4.42. The number of piperazine rings is 1. The highest BCUT2D eigenvalue weighted by molar-refractivity contribution is 5.99. The van der Waals surface area contributed by atoms with Gasteiger partial charge in [-0.25, -0.2) is 9.59 Å². The molecule has 0 bridgehead atoms.